The number of nitrogens with zero attached hydrogens (tertiary/aromatic N) is 2. The molecule has 0 saturated carbocycles. The number of hydrogen-bond donors (Lipinski definition) is 2. The summed E-state index contributed by atoms with van der Waals surface area (Å²) in [5.41, 5.74) is 0.324. The van der Waals surface area contributed by atoms with Gasteiger partial charge < -0.3 is 15.0 Å². The van der Waals surface area contributed by atoms with E-state index in [9.17, 15) is 27.2 Å². The molecule has 1 amide bonds. The number of hydrogen-bond acceptors (Lipinski definition) is 5. The molecule has 0 aliphatic rings. The van der Waals surface area contributed by atoms with E-state index in [4.69, 9.17) is 4.74 Å². The highest BCUT2D eigenvalue weighted by atomic mass is 19.4. The molecular weight excluding hydrogens is 504 g/mol. The van der Waals surface area contributed by atoms with Crippen LogP contribution in [0.5, 0.6) is 5.75 Å². The maximum atomic E-state index is 13.3. The number of rotatable bonds is 9. The average Bonchev–Trinajstić information content (AvgIpc) is 2.90. The van der Waals surface area contributed by atoms with Crippen molar-refractivity contribution in [3.8, 4) is 17.1 Å². The Kier molecular flexibility index (Phi) is 8.15. The van der Waals surface area contributed by atoms with Crippen LogP contribution >= 0.6 is 0 Å². The van der Waals surface area contributed by atoms with E-state index in [1.165, 1.54) is 24.3 Å². The van der Waals surface area contributed by atoms with E-state index in [0.717, 1.165) is 12.1 Å². The van der Waals surface area contributed by atoms with Crippen LogP contribution in [0.3, 0.4) is 0 Å². The lowest BCUT2D eigenvalue weighted by atomic mass is 10.1. The summed E-state index contributed by atoms with van der Waals surface area (Å²) in [6, 6.07) is 17.5. The molecule has 38 heavy (non-hydrogen) atoms. The zero-order chi connectivity index (χ0) is 27.1. The summed E-state index contributed by atoms with van der Waals surface area (Å²) < 4.78 is 57.4. The Morgan fingerprint density at radius 3 is 2.39 bits per heavy atom. The molecule has 196 valence electrons. The van der Waals surface area contributed by atoms with Crippen LogP contribution < -0.4 is 15.6 Å². The van der Waals surface area contributed by atoms with Gasteiger partial charge in [0.2, 0.25) is 5.91 Å². The Bertz CT molecular complexity index is 1470. The third-order valence-corrected chi connectivity index (χ3v) is 5.52. The molecule has 0 saturated heterocycles. The third kappa shape index (κ3) is 7.25. The first-order valence-electron chi connectivity index (χ1n) is 11.5. The van der Waals surface area contributed by atoms with Crippen LogP contribution in [0.1, 0.15) is 28.8 Å². The molecule has 3 aromatic carbocycles. The van der Waals surface area contributed by atoms with E-state index in [2.05, 4.69) is 20.5 Å². The minimum absolute atomic E-state index is 0.00386. The van der Waals surface area contributed by atoms with E-state index in [0.29, 0.717) is 22.4 Å². The maximum Gasteiger partial charge on any atom is 0.416 e. The molecule has 2 N–H and O–H groups in total. The molecule has 11 heteroatoms. The van der Waals surface area contributed by atoms with Crippen LogP contribution in [0, 0.1) is 5.82 Å². The number of H-pyrrole nitrogens is 1. The largest absolute Gasteiger partial charge is 0.489 e. The summed E-state index contributed by atoms with van der Waals surface area (Å²) >= 11 is 0. The van der Waals surface area contributed by atoms with Crippen molar-refractivity contribution in [2.75, 3.05) is 0 Å². The minimum Gasteiger partial charge on any atom is -0.489 e. The zero-order valence-corrected chi connectivity index (χ0v) is 19.9. The quantitative estimate of drug-likeness (QED) is 0.305. The van der Waals surface area contributed by atoms with Crippen molar-refractivity contribution >= 4 is 5.91 Å². The second-order valence-corrected chi connectivity index (χ2v) is 8.37. The van der Waals surface area contributed by atoms with Crippen LogP contribution in [0.15, 0.2) is 77.6 Å². The van der Waals surface area contributed by atoms with Crippen molar-refractivity contribution in [1.82, 2.24) is 20.5 Å². The number of aryl methyl sites for hydroxylation is 1. The SMILES string of the molecule is O=C(CCc1nnc(-c2ccc(OCc3cccc(F)c3)cc2)[nH]c1=O)NCc1cccc(C(F)(F)F)c1. The Morgan fingerprint density at radius 1 is 0.947 bits per heavy atom. The van der Waals surface area contributed by atoms with E-state index < -0.39 is 23.2 Å². The maximum absolute atomic E-state index is 13.3. The van der Waals surface area contributed by atoms with Gasteiger partial charge in [-0.15, -0.1) is 10.2 Å². The Morgan fingerprint density at radius 2 is 1.68 bits per heavy atom. The number of carbonyl (C=O) groups is 1. The second-order valence-electron chi connectivity index (χ2n) is 8.37. The highest BCUT2D eigenvalue weighted by Crippen LogP contribution is 2.29. The summed E-state index contributed by atoms with van der Waals surface area (Å²) in [5, 5.41) is 10.5. The topological polar surface area (TPSA) is 97.0 Å². The van der Waals surface area contributed by atoms with Crippen molar-refractivity contribution in [3.63, 3.8) is 0 Å². The van der Waals surface area contributed by atoms with Gasteiger partial charge in [0.05, 0.1) is 5.56 Å². The lowest BCUT2D eigenvalue weighted by Gasteiger charge is -2.09. The number of aromatic nitrogens is 3. The van der Waals surface area contributed by atoms with Crippen molar-refractivity contribution in [1.29, 1.82) is 0 Å². The molecule has 0 fully saturated rings. The number of amides is 1. The fourth-order valence-electron chi connectivity index (χ4n) is 3.53. The number of nitrogens with one attached hydrogen (secondary N) is 2. The summed E-state index contributed by atoms with van der Waals surface area (Å²) in [5.74, 6) is -0.0183. The fraction of sp³-hybridized carbons (Fsp3) is 0.185. The Balaban J connectivity index is 1.29. The van der Waals surface area contributed by atoms with Crippen LogP contribution in [-0.2, 0) is 30.5 Å². The summed E-state index contributed by atoms with van der Waals surface area (Å²) in [7, 11) is 0. The monoisotopic (exact) mass is 526 g/mol. The van der Waals surface area contributed by atoms with Gasteiger partial charge in [-0.3, -0.25) is 9.59 Å². The van der Waals surface area contributed by atoms with Crippen LogP contribution in [-0.4, -0.2) is 21.1 Å². The molecule has 0 atom stereocenters. The smallest absolute Gasteiger partial charge is 0.416 e. The van der Waals surface area contributed by atoms with Gasteiger partial charge in [0.1, 0.15) is 23.9 Å². The molecule has 0 spiro atoms. The summed E-state index contributed by atoms with van der Waals surface area (Å²) in [4.78, 5) is 27.2. The second kappa shape index (κ2) is 11.7. The molecule has 1 aromatic heterocycles. The fourth-order valence-corrected chi connectivity index (χ4v) is 3.53. The van der Waals surface area contributed by atoms with Crippen molar-refractivity contribution in [2.45, 2.75) is 32.2 Å². The van der Waals surface area contributed by atoms with Gasteiger partial charge in [-0.1, -0.05) is 24.3 Å². The van der Waals surface area contributed by atoms with Crippen molar-refractivity contribution in [3.05, 3.63) is 111 Å². The molecule has 1 heterocycles. The lowest BCUT2D eigenvalue weighted by Crippen LogP contribution is -2.25. The van der Waals surface area contributed by atoms with E-state index in [1.807, 2.05) is 0 Å². The standard InChI is InChI=1S/C27H22F4N4O3/c28-21-6-2-4-18(14-21)16-38-22-9-7-19(8-10-22)25-33-26(37)23(34-35-25)11-12-24(36)32-15-17-3-1-5-20(13-17)27(29,30)31/h1-10,13-14H,11-12,15-16H2,(H,32,36)(H,33,35,37). The average molecular weight is 526 g/mol. The number of alkyl halides is 3. The molecule has 0 aliphatic carbocycles. The molecule has 4 rings (SSSR count). The Hall–Kier alpha value is -4.54. The molecule has 7 nitrogen and oxygen atoms in total. The molecule has 0 bridgehead atoms. The van der Waals surface area contributed by atoms with Gasteiger partial charge in [0.25, 0.3) is 5.56 Å². The number of halogens is 4. The van der Waals surface area contributed by atoms with Crippen LogP contribution in [0.25, 0.3) is 11.4 Å². The van der Waals surface area contributed by atoms with E-state index in [-0.39, 0.29) is 43.3 Å². The predicted octanol–water partition coefficient (Wildman–Crippen LogP) is 4.82. The van der Waals surface area contributed by atoms with Gasteiger partial charge in [-0.25, -0.2) is 4.39 Å². The first-order chi connectivity index (χ1) is 18.2. The van der Waals surface area contributed by atoms with E-state index in [1.54, 1.807) is 36.4 Å². The number of carbonyl (C=O) groups excluding carboxylic acids is 1. The number of aromatic amines is 1. The highest BCUT2D eigenvalue weighted by Gasteiger charge is 2.30. The number of benzene rings is 3. The molecular formula is C27H22F4N4O3. The third-order valence-electron chi connectivity index (χ3n) is 5.52. The Labute approximate surface area is 214 Å². The van der Waals surface area contributed by atoms with E-state index >= 15 is 0 Å². The summed E-state index contributed by atoms with van der Waals surface area (Å²) in [6.45, 7) is 0.113. The molecule has 0 unspecified atom stereocenters. The summed E-state index contributed by atoms with van der Waals surface area (Å²) in [6.07, 6.45) is -4.55. The van der Waals surface area contributed by atoms with Gasteiger partial charge in [-0.05, 0) is 59.7 Å². The highest BCUT2D eigenvalue weighted by molar-refractivity contribution is 5.76. The lowest BCUT2D eigenvalue weighted by molar-refractivity contribution is -0.137. The normalized spacial score (nSPS) is 11.3. The predicted molar refractivity (Wildman–Crippen MR) is 130 cm³/mol. The van der Waals surface area contributed by atoms with Crippen molar-refractivity contribution < 1.29 is 27.1 Å². The molecule has 0 aliphatic heterocycles. The van der Waals surface area contributed by atoms with Gasteiger partial charge >= 0.3 is 6.18 Å². The van der Waals surface area contributed by atoms with Gasteiger partial charge in [0, 0.05) is 24.9 Å². The van der Waals surface area contributed by atoms with Gasteiger partial charge in [-0.2, -0.15) is 13.2 Å². The van der Waals surface area contributed by atoms with Crippen molar-refractivity contribution in [2.24, 2.45) is 0 Å². The first-order valence-corrected chi connectivity index (χ1v) is 11.5. The number of ether oxygens (including phenoxy) is 1. The first kappa shape index (κ1) is 26.5. The molecule has 0 radical (unpaired) electrons. The van der Waals surface area contributed by atoms with Gasteiger partial charge in [0.15, 0.2) is 5.82 Å². The zero-order valence-electron chi connectivity index (χ0n) is 19.9. The van der Waals surface area contributed by atoms with Crippen LogP contribution in [0.2, 0.25) is 0 Å². The minimum atomic E-state index is -4.47. The molecule has 4 aromatic rings. The van der Waals surface area contributed by atoms with Crippen LogP contribution in [0.4, 0.5) is 17.6 Å².